The van der Waals surface area contributed by atoms with E-state index in [9.17, 15) is 4.79 Å². The minimum absolute atomic E-state index is 0.121. The summed E-state index contributed by atoms with van der Waals surface area (Å²) in [6.07, 6.45) is 6.68. The number of ketones is 1. The van der Waals surface area contributed by atoms with Crippen LogP contribution in [0.15, 0.2) is 60.9 Å². The Kier molecular flexibility index (Phi) is 3.92. The van der Waals surface area contributed by atoms with Crippen LogP contribution >= 0.6 is 0 Å². The predicted molar refractivity (Wildman–Crippen MR) is 88.9 cm³/mol. The number of benzene rings is 1. The molecule has 0 unspecified atom stereocenters. The average Bonchev–Trinajstić information content (AvgIpc) is 2.59. The maximum Gasteiger partial charge on any atom is 0.204 e. The molecule has 2 aromatic heterocycles. The van der Waals surface area contributed by atoms with E-state index in [1.54, 1.807) is 24.5 Å². The van der Waals surface area contributed by atoms with Gasteiger partial charge in [0.1, 0.15) is 5.69 Å². The molecule has 0 bridgehead atoms. The molecule has 4 heteroatoms. The minimum Gasteiger partial charge on any atom is -0.386 e. The van der Waals surface area contributed by atoms with E-state index in [-0.39, 0.29) is 5.78 Å². The molecule has 4 nitrogen and oxygen atoms in total. The van der Waals surface area contributed by atoms with Crippen molar-refractivity contribution in [1.29, 1.82) is 0 Å². The fraction of sp³-hybridized carbons (Fsp3) is 0.0556. The SMILES string of the molecule is CNc1cccc2ccc(C(=O)C=Cc3ccncc3)nc12. The Hall–Kier alpha value is -3.01. The largest absolute Gasteiger partial charge is 0.386 e. The van der Waals surface area contributed by atoms with Crippen LogP contribution in [0.5, 0.6) is 0 Å². The number of hydrogen-bond donors (Lipinski definition) is 1. The van der Waals surface area contributed by atoms with Gasteiger partial charge in [-0.25, -0.2) is 4.98 Å². The van der Waals surface area contributed by atoms with Crippen molar-refractivity contribution in [3.05, 3.63) is 72.2 Å². The van der Waals surface area contributed by atoms with E-state index in [1.165, 1.54) is 6.08 Å². The third-order valence-electron chi connectivity index (χ3n) is 3.38. The van der Waals surface area contributed by atoms with Crippen molar-refractivity contribution in [2.24, 2.45) is 0 Å². The van der Waals surface area contributed by atoms with E-state index in [1.807, 2.05) is 43.4 Å². The van der Waals surface area contributed by atoms with Crippen molar-refractivity contribution in [2.45, 2.75) is 0 Å². The van der Waals surface area contributed by atoms with E-state index in [4.69, 9.17) is 0 Å². The Bertz CT molecular complexity index is 841. The standard InChI is InChI=1S/C18H15N3O/c1-19-16-4-2-3-14-6-7-15(21-18(14)16)17(22)8-5-13-9-11-20-12-10-13/h2-12,19H,1H3. The summed E-state index contributed by atoms with van der Waals surface area (Å²) in [4.78, 5) is 20.7. The fourth-order valence-corrected chi connectivity index (χ4v) is 2.22. The topological polar surface area (TPSA) is 54.9 Å². The van der Waals surface area contributed by atoms with Gasteiger partial charge < -0.3 is 5.32 Å². The molecule has 0 aliphatic rings. The Morgan fingerprint density at radius 2 is 1.91 bits per heavy atom. The molecular weight excluding hydrogens is 274 g/mol. The van der Waals surface area contributed by atoms with E-state index in [0.29, 0.717) is 5.69 Å². The summed E-state index contributed by atoms with van der Waals surface area (Å²) in [5, 5.41) is 4.10. The Balaban J connectivity index is 1.93. The molecule has 0 saturated heterocycles. The first kappa shape index (κ1) is 13.9. The van der Waals surface area contributed by atoms with Crippen LogP contribution in [-0.2, 0) is 0 Å². The number of carbonyl (C=O) groups is 1. The maximum atomic E-state index is 12.3. The van der Waals surface area contributed by atoms with Gasteiger partial charge in [0.05, 0.1) is 11.2 Å². The Morgan fingerprint density at radius 1 is 1.09 bits per heavy atom. The van der Waals surface area contributed by atoms with Gasteiger partial charge in [-0.1, -0.05) is 24.3 Å². The van der Waals surface area contributed by atoms with Crippen molar-refractivity contribution in [2.75, 3.05) is 12.4 Å². The van der Waals surface area contributed by atoms with Crippen LogP contribution < -0.4 is 5.32 Å². The molecule has 22 heavy (non-hydrogen) atoms. The van der Waals surface area contributed by atoms with Gasteiger partial charge in [0.2, 0.25) is 5.78 Å². The number of pyridine rings is 2. The van der Waals surface area contributed by atoms with Gasteiger partial charge in [-0.2, -0.15) is 0 Å². The van der Waals surface area contributed by atoms with Crippen LogP contribution in [0.4, 0.5) is 5.69 Å². The number of aromatic nitrogens is 2. The van der Waals surface area contributed by atoms with E-state index in [0.717, 1.165) is 22.2 Å². The van der Waals surface area contributed by atoms with Gasteiger partial charge in [0.15, 0.2) is 0 Å². The van der Waals surface area contributed by atoms with Crippen molar-refractivity contribution in [3.63, 3.8) is 0 Å². The number of anilines is 1. The monoisotopic (exact) mass is 289 g/mol. The highest BCUT2D eigenvalue weighted by Gasteiger charge is 2.07. The second kappa shape index (κ2) is 6.18. The lowest BCUT2D eigenvalue weighted by molar-refractivity contribution is 0.104. The average molecular weight is 289 g/mol. The van der Waals surface area contributed by atoms with Crippen LogP contribution in [0.1, 0.15) is 16.1 Å². The first-order valence-electron chi connectivity index (χ1n) is 6.98. The van der Waals surface area contributed by atoms with Crippen LogP contribution in [0.2, 0.25) is 0 Å². The molecule has 0 saturated carbocycles. The predicted octanol–water partition coefficient (Wildman–Crippen LogP) is 3.57. The Labute approximate surface area is 128 Å². The number of allylic oxidation sites excluding steroid dienone is 1. The molecule has 2 heterocycles. The van der Waals surface area contributed by atoms with Crippen molar-refractivity contribution in [1.82, 2.24) is 9.97 Å². The van der Waals surface area contributed by atoms with Gasteiger partial charge >= 0.3 is 0 Å². The number of nitrogens with zero attached hydrogens (tertiary/aromatic N) is 2. The van der Waals surface area contributed by atoms with Gasteiger partial charge in [-0.3, -0.25) is 9.78 Å². The third kappa shape index (κ3) is 2.86. The van der Waals surface area contributed by atoms with Crippen molar-refractivity contribution >= 4 is 28.4 Å². The molecule has 3 rings (SSSR count). The number of nitrogens with one attached hydrogen (secondary N) is 1. The summed E-state index contributed by atoms with van der Waals surface area (Å²) in [5.41, 5.74) is 3.07. The third-order valence-corrected chi connectivity index (χ3v) is 3.38. The highest BCUT2D eigenvalue weighted by molar-refractivity contribution is 6.07. The number of carbonyl (C=O) groups excluding carboxylic acids is 1. The first-order chi connectivity index (χ1) is 10.8. The molecular formula is C18H15N3O. The fourth-order valence-electron chi connectivity index (χ4n) is 2.22. The number of fused-ring (bicyclic) bond motifs is 1. The highest BCUT2D eigenvalue weighted by atomic mass is 16.1. The molecule has 0 aliphatic carbocycles. The summed E-state index contributed by atoms with van der Waals surface area (Å²) in [6.45, 7) is 0. The smallest absolute Gasteiger partial charge is 0.204 e. The quantitative estimate of drug-likeness (QED) is 0.589. The minimum atomic E-state index is -0.121. The second-order valence-electron chi connectivity index (χ2n) is 4.80. The van der Waals surface area contributed by atoms with Gasteiger partial charge in [0.25, 0.3) is 0 Å². The maximum absolute atomic E-state index is 12.3. The number of rotatable bonds is 4. The molecule has 0 spiro atoms. The zero-order valence-corrected chi connectivity index (χ0v) is 12.2. The van der Waals surface area contributed by atoms with Crippen LogP contribution in [-0.4, -0.2) is 22.8 Å². The summed E-state index contributed by atoms with van der Waals surface area (Å²) in [5.74, 6) is -0.121. The normalized spacial score (nSPS) is 11.0. The van der Waals surface area contributed by atoms with Crippen LogP contribution in [0.3, 0.4) is 0 Å². The molecule has 1 aromatic carbocycles. The summed E-state index contributed by atoms with van der Waals surface area (Å²) < 4.78 is 0. The van der Waals surface area contributed by atoms with Crippen molar-refractivity contribution < 1.29 is 4.79 Å². The Morgan fingerprint density at radius 3 is 2.68 bits per heavy atom. The van der Waals surface area contributed by atoms with Gasteiger partial charge in [0, 0.05) is 24.8 Å². The molecule has 0 fully saturated rings. The van der Waals surface area contributed by atoms with Gasteiger partial charge in [-0.05, 0) is 35.9 Å². The molecule has 0 radical (unpaired) electrons. The number of hydrogen-bond acceptors (Lipinski definition) is 4. The second-order valence-corrected chi connectivity index (χ2v) is 4.80. The zero-order chi connectivity index (χ0) is 15.4. The van der Waals surface area contributed by atoms with Crippen LogP contribution in [0, 0.1) is 0 Å². The van der Waals surface area contributed by atoms with E-state index < -0.39 is 0 Å². The van der Waals surface area contributed by atoms with E-state index >= 15 is 0 Å². The first-order valence-corrected chi connectivity index (χ1v) is 6.98. The highest BCUT2D eigenvalue weighted by Crippen LogP contribution is 2.21. The molecule has 0 aliphatic heterocycles. The van der Waals surface area contributed by atoms with Crippen molar-refractivity contribution in [3.8, 4) is 0 Å². The molecule has 1 N–H and O–H groups in total. The molecule has 0 atom stereocenters. The molecule has 0 amide bonds. The van der Waals surface area contributed by atoms with E-state index in [2.05, 4.69) is 15.3 Å². The lowest BCUT2D eigenvalue weighted by atomic mass is 10.1. The number of para-hydroxylation sites is 1. The lowest BCUT2D eigenvalue weighted by Crippen LogP contribution is -2.00. The molecule has 3 aromatic rings. The van der Waals surface area contributed by atoms with Gasteiger partial charge in [-0.15, -0.1) is 0 Å². The molecule has 108 valence electrons. The summed E-state index contributed by atoms with van der Waals surface area (Å²) >= 11 is 0. The zero-order valence-electron chi connectivity index (χ0n) is 12.2. The van der Waals surface area contributed by atoms with Crippen LogP contribution in [0.25, 0.3) is 17.0 Å². The summed E-state index contributed by atoms with van der Waals surface area (Å²) in [6, 6.07) is 13.2. The summed E-state index contributed by atoms with van der Waals surface area (Å²) in [7, 11) is 1.84. The lowest BCUT2D eigenvalue weighted by Gasteiger charge is -2.05.